The van der Waals surface area contributed by atoms with Gasteiger partial charge in [0.15, 0.2) is 0 Å². The van der Waals surface area contributed by atoms with Gasteiger partial charge in [0.25, 0.3) is 0 Å². The number of nitrogens with one attached hydrogen (secondary N) is 1. The van der Waals surface area contributed by atoms with Gasteiger partial charge < -0.3 is 19.8 Å². The first-order chi connectivity index (χ1) is 31.5. The largest absolute Gasteiger partial charge is 0.472 e. The van der Waals surface area contributed by atoms with Crippen molar-refractivity contribution in [2.45, 2.75) is 302 Å². The average molecular weight is 943 g/mol. The van der Waals surface area contributed by atoms with Gasteiger partial charge in [0, 0.05) is 6.42 Å². The number of hydrogen-bond acceptors (Lipinski definition) is 5. The summed E-state index contributed by atoms with van der Waals surface area (Å²) < 4.78 is 23.7. The summed E-state index contributed by atoms with van der Waals surface area (Å²) in [6.45, 7) is 4.87. The monoisotopic (exact) mass is 942 g/mol. The minimum absolute atomic E-state index is 0.0652. The van der Waals surface area contributed by atoms with Crippen molar-refractivity contribution in [3.8, 4) is 0 Å². The third-order valence-electron chi connectivity index (χ3n) is 13.3. The van der Waals surface area contributed by atoms with E-state index in [1.165, 1.54) is 238 Å². The standard InChI is InChI=1S/C56H113N2O6P/c1-6-8-10-12-14-16-18-20-22-24-26-28-29-30-31-33-35-37-39-41-43-45-47-49-55(59)54(53-64-65(61,62)63-52-51-58(3,4)5)57-56(60)50-48-46-44-42-40-38-36-34-32-27-25-23-21-19-17-15-13-11-9-7-2/h47,49,54-55,59H,6-46,48,50-53H2,1-5H3,(H-,57,60,61,62)/p+1/b49-47+. The minimum Gasteiger partial charge on any atom is -0.387 e. The SMILES string of the molecule is CCCCCCCCCCCCCCCCCCCCCCC/C=C/C(O)C(COP(=O)(O)OCC[N+](C)(C)C)NC(=O)CCCCCCCCCCCCCCCCCCCCCC. The Hall–Kier alpha value is -0.760. The first-order valence-corrected chi connectivity index (χ1v) is 30.1. The maximum atomic E-state index is 13.0. The molecule has 8 nitrogen and oxygen atoms in total. The molecule has 0 fully saturated rings. The highest BCUT2D eigenvalue weighted by molar-refractivity contribution is 7.47. The van der Waals surface area contributed by atoms with Crippen LogP contribution >= 0.6 is 7.82 Å². The molecule has 3 N–H and O–H groups in total. The van der Waals surface area contributed by atoms with Crippen molar-refractivity contribution < 1.29 is 32.9 Å². The van der Waals surface area contributed by atoms with Gasteiger partial charge in [0.1, 0.15) is 13.2 Å². The molecule has 0 aromatic heterocycles. The van der Waals surface area contributed by atoms with Gasteiger partial charge in [-0.1, -0.05) is 276 Å². The molecule has 3 unspecified atom stereocenters. The van der Waals surface area contributed by atoms with Crippen molar-refractivity contribution in [1.29, 1.82) is 0 Å². The Morgan fingerprint density at radius 3 is 1.14 bits per heavy atom. The Bertz CT molecular complexity index is 1070. The lowest BCUT2D eigenvalue weighted by Gasteiger charge is -2.25. The van der Waals surface area contributed by atoms with Crippen LogP contribution < -0.4 is 5.32 Å². The topological polar surface area (TPSA) is 105 Å². The van der Waals surface area contributed by atoms with Crippen LogP contribution in [-0.2, 0) is 18.4 Å². The summed E-state index contributed by atoms with van der Waals surface area (Å²) in [5.74, 6) is -0.170. The van der Waals surface area contributed by atoms with Gasteiger partial charge in [0.05, 0.1) is 39.9 Å². The van der Waals surface area contributed by atoms with Gasteiger partial charge in [-0.05, 0) is 19.3 Å². The number of aliphatic hydroxyl groups is 1. The normalized spacial score (nSPS) is 14.0. The molecule has 65 heavy (non-hydrogen) atoms. The summed E-state index contributed by atoms with van der Waals surface area (Å²) in [6, 6.07) is -0.842. The summed E-state index contributed by atoms with van der Waals surface area (Å²) in [6.07, 6.45) is 58.7. The second kappa shape index (κ2) is 48.3. The van der Waals surface area contributed by atoms with Crippen LogP contribution in [-0.4, -0.2) is 73.4 Å². The molecule has 9 heteroatoms. The van der Waals surface area contributed by atoms with Crippen LogP contribution in [0.15, 0.2) is 12.2 Å². The molecule has 388 valence electrons. The highest BCUT2D eigenvalue weighted by Gasteiger charge is 2.27. The number of aliphatic hydroxyl groups excluding tert-OH is 1. The van der Waals surface area contributed by atoms with Gasteiger partial charge in [0.2, 0.25) is 5.91 Å². The molecule has 0 aromatic carbocycles. The summed E-state index contributed by atoms with van der Waals surface area (Å²) in [5.41, 5.74) is 0. The van der Waals surface area contributed by atoms with Crippen LogP contribution in [0.4, 0.5) is 0 Å². The van der Waals surface area contributed by atoms with Crippen LogP contribution in [0.5, 0.6) is 0 Å². The Morgan fingerprint density at radius 2 is 0.815 bits per heavy atom. The van der Waals surface area contributed by atoms with Gasteiger partial charge >= 0.3 is 7.82 Å². The average Bonchev–Trinajstić information content (AvgIpc) is 3.26. The number of rotatable bonds is 53. The van der Waals surface area contributed by atoms with E-state index in [9.17, 15) is 19.4 Å². The zero-order chi connectivity index (χ0) is 47.8. The summed E-state index contributed by atoms with van der Waals surface area (Å²) >= 11 is 0. The maximum absolute atomic E-state index is 13.0. The first-order valence-electron chi connectivity index (χ1n) is 28.6. The van der Waals surface area contributed by atoms with Crippen molar-refractivity contribution in [2.75, 3.05) is 40.9 Å². The van der Waals surface area contributed by atoms with Gasteiger partial charge in [-0.25, -0.2) is 4.57 Å². The van der Waals surface area contributed by atoms with Crippen LogP contribution in [0, 0.1) is 0 Å². The number of nitrogens with zero attached hydrogens (tertiary/aromatic N) is 1. The fraction of sp³-hybridized carbons (Fsp3) is 0.946. The van der Waals surface area contributed by atoms with E-state index in [2.05, 4.69) is 19.2 Å². The first kappa shape index (κ1) is 64.2. The van der Waals surface area contributed by atoms with E-state index in [-0.39, 0.29) is 19.1 Å². The summed E-state index contributed by atoms with van der Waals surface area (Å²) in [4.78, 5) is 23.3. The van der Waals surface area contributed by atoms with Gasteiger partial charge in [-0.3, -0.25) is 13.8 Å². The van der Waals surface area contributed by atoms with E-state index in [1.807, 2.05) is 27.2 Å². The van der Waals surface area contributed by atoms with E-state index in [0.29, 0.717) is 17.4 Å². The van der Waals surface area contributed by atoms with Crippen molar-refractivity contribution in [1.82, 2.24) is 5.32 Å². The zero-order valence-corrected chi connectivity index (χ0v) is 45.2. The molecular weight excluding hydrogens is 828 g/mol. The molecule has 0 rings (SSSR count). The third-order valence-corrected chi connectivity index (χ3v) is 14.2. The van der Waals surface area contributed by atoms with Crippen molar-refractivity contribution in [2.24, 2.45) is 0 Å². The second-order valence-corrected chi connectivity index (χ2v) is 22.5. The third kappa shape index (κ3) is 50.9. The smallest absolute Gasteiger partial charge is 0.387 e. The molecule has 0 aromatic rings. The van der Waals surface area contributed by atoms with Crippen molar-refractivity contribution in [3.63, 3.8) is 0 Å². The number of quaternary nitrogens is 1. The quantitative estimate of drug-likeness (QED) is 0.0243. The van der Waals surface area contributed by atoms with Gasteiger partial charge in [-0.15, -0.1) is 0 Å². The fourth-order valence-electron chi connectivity index (χ4n) is 8.75. The predicted molar refractivity (Wildman–Crippen MR) is 282 cm³/mol. The number of amides is 1. The van der Waals surface area contributed by atoms with E-state index in [4.69, 9.17) is 9.05 Å². The zero-order valence-electron chi connectivity index (χ0n) is 44.3. The Labute approximate surface area is 405 Å². The molecule has 0 aliphatic heterocycles. The lowest BCUT2D eigenvalue weighted by molar-refractivity contribution is -0.870. The number of allylic oxidation sites excluding steroid dienone is 1. The number of unbranched alkanes of at least 4 members (excludes halogenated alkanes) is 40. The van der Waals surface area contributed by atoms with Crippen LogP contribution in [0.2, 0.25) is 0 Å². The molecule has 0 saturated heterocycles. The van der Waals surface area contributed by atoms with Crippen molar-refractivity contribution >= 4 is 13.7 Å². The minimum atomic E-state index is -4.34. The van der Waals surface area contributed by atoms with Crippen LogP contribution in [0.25, 0.3) is 0 Å². The number of hydrogen-bond donors (Lipinski definition) is 3. The molecule has 0 aliphatic carbocycles. The predicted octanol–water partition coefficient (Wildman–Crippen LogP) is 17.0. The molecule has 0 aliphatic rings. The molecule has 1 amide bonds. The number of carbonyl (C=O) groups excluding carboxylic acids is 1. The molecule has 0 heterocycles. The second-order valence-electron chi connectivity index (χ2n) is 21.0. The van der Waals surface area contributed by atoms with Crippen molar-refractivity contribution in [3.05, 3.63) is 12.2 Å². The lowest BCUT2D eigenvalue weighted by atomic mass is 10.0. The molecule has 0 spiro atoms. The maximum Gasteiger partial charge on any atom is 0.472 e. The highest BCUT2D eigenvalue weighted by Crippen LogP contribution is 2.43. The number of phosphoric acid groups is 1. The van der Waals surface area contributed by atoms with Gasteiger partial charge in [-0.2, -0.15) is 0 Å². The molecule has 0 saturated carbocycles. The van der Waals surface area contributed by atoms with E-state index < -0.39 is 20.0 Å². The Kier molecular flexibility index (Phi) is 47.7. The van der Waals surface area contributed by atoms with Crippen LogP contribution in [0.3, 0.4) is 0 Å². The molecular formula is C56H114N2O6P+. The molecule has 0 radical (unpaired) electrons. The van der Waals surface area contributed by atoms with E-state index >= 15 is 0 Å². The number of carbonyl (C=O) groups is 1. The lowest BCUT2D eigenvalue weighted by Crippen LogP contribution is -2.45. The van der Waals surface area contributed by atoms with E-state index in [1.54, 1.807) is 6.08 Å². The molecule has 0 bridgehead atoms. The molecule has 3 atom stereocenters. The van der Waals surface area contributed by atoms with Crippen LogP contribution in [0.1, 0.15) is 290 Å². The Balaban J connectivity index is 4.20. The number of likely N-dealkylation sites (N-methyl/N-ethyl adjacent to an activating group) is 1. The number of phosphoric ester groups is 1. The summed E-state index contributed by atoms with van der Waals surface area (Å²) in [5, 5.41) is 13.9. The van der Waals surface area contributed by atoms with E-state index in [0.717, 1.165) is 32.1 Å². The Morgan fingerprint density at radius 1 is 0.508 bits per heavy atom. The highest BCUT2D eigenvalue weighted by atomic mass is 31.2. The summed E-state index contributed by atoms with van der Waals surface area (Å²) in [7, 11) is 1.59. The fourth-order valence-corrected chi connectivity index (χ4v) is 9.49.